The molecule has 172 valence electrons. The maximum absolute atomic E-state index is 13.8. The second kappa shape index (κ2) is 10.4. The van der Waals surface area contributed by atoms with Gasteiger partial charge in [-0.05, 0) is 71.0 Å². The fraction of sp³-hybridized carbons (Fsp3) is 0.148. The van der Waals surface area contributed by atoms with Gasteiger partial charge in [-0.15, -0.1) is 0 Å². The van der Waals surface area contributed by atoms with Crippen LogP contribution in [0.4, 0.5) is 4.39 Å². The van der Waals surface area contributed by atoms with Gasteiger partial charge in [0.2, 0.25) is 0 Å². The first-order valence-electron chi connectivity index (χ1n) is 10.8. The molecule has 0 fully saturated rings. The molecule has 1 amide bonds. The minimum absolute atomic E-state index is 0.155. The second-order valence-corrected chi connectivity index (χ2v) is 8.43. The summed E-state index contributed by atoms with van der Waals surface area (Å²) in [5.74, 6) is -1.58. The molecule has 1 heterocycles. The zero-order valence-electron chi connectivity index (χ0n) is 18.2. The minimum Gasteiger partial charge on any atom is -0.481 e. The number of carbonyl (C=O) groups is 2. The maximum Gasteiger partial charge on any atom is 0.307 e. The van der Waals surface area contributed by atoms with Crippen molar-refractivity contribution in [2.75, 3.05) is 6.54 Å². The summed E-state index contributed by atoms with van der Waals surface area (Å²) in [6.45, 7) is 0.511. The normalized spacial score (nSPS) is 10.9. The van der Waals surface area contributed by atoms with Gasteiger partial charge in [0.1, 0.15) is 5.82 Å². The van der Waals surface area contributed by atoms with Crippen molar-refractivity contribution in [2.45, 2.75) is 19.3 Å². The summed E-state index contributed by atoms with van der Waals surface area (Å²) >= 11 is 5.89. The van der Waals surface area contributed by atoms with Crippen LogP contribution in [0.2, 0.25) is 5.02 Å². The number of aliphatic carboxylic acids is 1. The molecule has 3 aromatic carbocycles. The van der Waals surface area contributed by atoms with E-state index in [2.05, 4.69) is 10.3 Å². The molecule has 4 rings (SSSR count). The van der Waals surface area contributed by atoms with Crippen LogP contribution in [0.25, 0.3) is 10.8 Å². The number of carbonyl (C=O) groups excluding carboxylic acids is 1. The van der Waals surface area contributed by atoms with Gasteiger partial charge in [-0.3, -0.25) is 14.6 Å². The highest BCUT2D eigenvalue weighted by Crippen LogP contribution is 2.25. The van der Waals surface area contributed by atoms with Crippen molar-refractivity contribution in [3.8, 4) is 0 Å². The molecule has 0 aliphatic heterocycles. The zero-order chi connectivity index (χ0) is 24.1. The van der Waals surface area contributed by atoms with Gasteiger partial charge in [-0.25, -0.2) is 4.39 Å². The van der Waals surface area contributed by atoms with Gasteiger partial charge in [0.05, 0.1) is 12.1 Å². The van der Waals surface area contributed by atoms with Crippen LogP contribution < -0.4 is 5.32 Å². The Bertz CT molecular complexity index is 1340. The number of fused-ring (bicyclic) bond motifs is 1. The highest BCUT2D eigenvalue weighted by Gasteiger charge is 2.12. The highest BCUT2D eigenvalue weighted by molar-refractivity contribution is 6.30. The van der Waals surface area contributed by atoms with E-state index in [9.17, 15) is 14.0 Å². The lowest BCUT2D eigenvalue weighted by Crippen LogP contribution is -2.25. The van der Waals surface area contributed by atoms with Crippen LogP contribution in [0.15, 0.2) is 72.9 Å². The van der Waals surface area contributed by atoms with Gasteiger partial charge in [0.25, 0.3) is 5.91 Å². The fourth-order valence-corrected chi connectivity index (χ4v) is 3.94. The van der Waals surface area contributed by atoms with E-state index >= 15 is 0 Å². The quantitative estimate of drug-likeness (QED) is 0.365. The number of nitrogens with one attached hydrogen (secondary N) is 1. The summed E-state index contributed by atoms with van der Waals surface area (Å²) in [6.07, 6.45) is 2.44. The summed E-state index contributed by atoms with van der Waals surface area (Å²) in [6, 6.07) is 19.1. The summed E-state index contributed by atoms with van der Waals surface area (Å²) < 4.78 is 13.8. The van der Waals surface area contributed by atoms with Crippen LogP contribution in [-0.4, -0.2) is 28.5 Å². The smallest absolute Gasteiger partial charge is 0.307 e. The first-order chi connectivity index (χ1) is 16.4. The number of nitrogens with zero attached hydrogens (tertiary/aromatic N) is 1. The molecule has 1 aromatic heterocycles. The van der Waals surface area contributed by atoms with Crippen LogP contribution in [0, 0.1) is 5.82 Å². The Hall–Kier alpha value is -3.77. The third-order valence-electron chi connectivity index (χ3n) is 5.56. The molecular formula is C27H22ClFN2O3. The van der Waals surface area contributed by atoms with Crippen LogP contribution in [-0.2, 0) is 24.1 Å². The molecule has 0 bridgehead atoms. The predicted molar refractivity (Wildman–Crippen MR) is 130 cm³/mol. The van der Waals surface area contributed by atoms with Crippen molar-refractivity contribution in [3.63, 3.8) is 0 Å². The molecule has 0 aliphatic carbocycles. The number of carboxylic acids is 1. The van der Waals surface area contributed by atoms with Crippen molar-refractivity contribution in [1.29, 1.82) is 0 Å². The van der Waals surface area contributed by atoms with Crippen LogP contribution in [0.1, 0.15) is 32.7 Å². The largest absolute Gasteiger partial charge is 0.481 e. The number of pyridine rings is 1. The van der Waals surface area contributed by atoms with Gasteiger partial charge < -0.3 is 10.4 Å². The summed E-state index contributed by atoms with van der Waals surface area (Å²) in [5.41, 5.74) is 3.76. The zero-order valence-corrected chi connectivity index (χ0v) is 19.0. The number of halogens is 2. The molecule has 0 aliphatic rings. The van der Waals surface area contributed by atoms with Crippen LogP contribution >= 0.6 is 11.6 Å². The Morgan fingerprint density at radius 1 is 0.941 bits per heavy atom. The van der Waals surface area contributed by atoms with Crippen molar-refractivity contribution < 1.29 is 19.1 Å². The Kier molecular flexibility index (Phi) is 7.18. The van der Waals surface area contributed by atoms with Gasteiger partial charge in [0, 0.05) is 35.1 Å². The fourth-order valence-electron chi connectivity index (χ4n) is 3.81. The number of hydrogen-bond donors (Lipinski definition) is 2. The third kappa shape index (κ3) is 5.77. The van der Waals surface area contributed by atoms with Gasteiger partial charge in [0.15, 0.2) is 0 Å². The molecule has 0 spiro atoms. The van der Waals surface area contributed by atoms with E-state index in [0.717, 1.165) is 11.1 Å². The molecule has 34 heavy (non-hydrogen) atoms. The van der Waals surface area contributed by atoms with E-state index in [1.54, 1.807) is 18.2 Å². The first-order valence-corrected chi connectivity index (χ1v) is 11.2. The van der Waals surface area contributed by atoms with E-state index < -0.39 is 11.8 Å². The third-order valence-corrected chi connectivity index (χ3v) is 5.81. The lowest BCUT2D eigenvalue weighted by Gasteiger charge is -2.11. The van der Waals surface area contributed by atoms with Crippen molar-refractivity contribution in [3.05, 3.63) is 112 Å². The monoisotopic (exact) mass is 476 g/mol. The van der Waals surface area contributed by atoms with E-state index in [1.165, 1.54) is 18.3 Å². The van der Waals surface area contributed by atoms with Crippen molar-refractivity contribution >= 4 is 34.2 Å². The first kappa shape index (κ1) is 23.4. The predicted octanol–water partition coefficient (Wildman–Crippen LogP) is 5.22. The molecule has 0 saturated carbocycles. The molecule has 0 radical (unpaired) electrons. The SMILES string of the molecule is O=C(O)Cc1cnc(Cc2ccc(C(=O)NCCc3ccc(Cl)cc3)cc2)c2ccc(F)cc12. The minimum atomic E-state index is -0.998. The average molecular weight is 477 g/mol. The lowest BCUT2D eigenvalue weighted by atomic mass is 9.99. The standard InChI is InChI=1S/C27H22ClFN2O3/c28-21-7-3-17(4-8-21)11-12-30-27(34)19-5-1-18(2-6-19)13-25-23-10-9-22(29)15-24(23)20(16-31-25)14-26(32)33/h1-10,15-16H,11-14H2,(H,30,34)(H,32,33). The Balaban J connectivity index is 1.43. The van der Waals surface area contributed by atoms with Gasteiger partial charge in [-0.1, -0.05) is 35.9 Å². The van der Waals surface area contributed by atoms with E-state index in [1.807, 2.05) is 36.4 Å². The molecule has 7 heteroatoms. The van der Waals surface area contributed by atoms with Gasteiger partial charge >= 0.3 is 5.97 Å². The molecule has 0 unspecified atom stereocenters. The van der Waals surface area contributed by atoms with E-state index in [-0.39, 0.29) is 12.3 Å². The number of rotatable bonds is 8. The van der Waals surface area contributed by atoms with Crippen molar-refractivity contribution in [1.82, 2.24) is 10.3 Å². The van der Waals surface area contributed by atoms with Gasteiger partial charge in [-0.2, -0.15) is 0 Å². The topological polar surface area (TPSA) is 79.3 Å². The Labute approximate surface area is 201 Å². The average Bonchev–Trinajstić information content (AvgIpc) is 2.82. The Morgan fingerprint density at radius 2 is 1.65 bits per heavy atom. The van der Waals surface area contributed by atoms with Crippen LogP contribution in [0.3, 0.4) is 0 Å². The van der Waals surface area contributed by atoms with E-state index in [0.29, 0.717) is 52.0 Å². The molecule has 0 atom stereocenters. The number of aromatic nitrogens is 1. The highest BCUT2D eigenvalue weighted by atomic mass is 35.5. The number of hydrogen-bond acceptors (Lipinski definition) is 3. The summed E-state index contributed by atoms with van der Waals surface area (Å²) in [7, 11) is 0. The number of benzene rings is 3. The summed E-state index contributed by atoms with van der Waals surface area (Å²) in [5, 5.41) is 14.0. The van der Waals surface area contributed by atoms with Crippen molar-refractivity contribution in [2.24, 2.45) is 0 Å². The van der Waals surface area contributed by atoms with Crippen LogP contribution in [0.5, 0.6) is 0 Å². The molecule has 4 aromatic rings. The second-order valence-electron chi connectivity index (χ2n) is 8.00. The molecule has 2 N–H and O–H groups in total. The van der Waals surface area contributed by atoms with E-state index in [4.69, 9.17) is 16.7 Å². The number of carboxylic acid groups (broad SMARTS) is 1. The summed E-state index contributed by atoms with van der Waals surface area (Å²) in [4.78, 5) is 28.1. The Morgan fingerprint density at radius 3 is 2.35 bits per heavy atom. The number of amides is 1. The molecule has 5 nitrogen and oxygen atoms in total. The molecule has 0 saturated heterocycles. The maximum atomic E-state index is 13.8. The lowest BCUT2D eigenvalue weighted by molar-refractivity contribution is -0.136. The molecular weight excluding hydrogens is 455 g/mol.